The standard InChI is InChI=1S/C22H25N3O3/c1-14-17(22(28)25(23-14)16-11-7-4-8-12-16)18-20(26)19(21(18)27)24(2)13-15-9-5-3-6-10-15/h3-12,18-21,23,26-27H,13H2,1-2H3. The first kappa shape index (κ1) is 18.7. The van der Waals surface area contributed by atoms with Crippen LogP contribution in [0.3, 0.4) is 0 Å². The van der Waals surface area contributed by atoms with Crippen molar-refractivity contribution in [2.24, 2.45) is 0 Å². The minimum Gasteiger partial charge on any atom is -0.391 e. The summed E-state index contributed by atoms with van der Waals surface area (Å²) in [5, 5.41) is 24.7. The monoisotopic (exact) mass is 379 g/mol. The number of para-hydroxylation sites is 1. The van der Waals surface area contributed by atoms with Crippen LogP contribution in [-0.2, 0) is 6.54 Å². The SMILES string of the molecule is Cc1[nH]n(-c2ccccc2)c(=O)c1C1C(O)C(N(C)Cc2ccccc2)C1O. The number of rotatable bonds is 5. The van der Waals surface area contributed by atoms with E-state index in [2.05, 4.69) is 5.10 Å². The van der Waals surface area contributed by atoms with Gasteiger partial charge < -0.3 is 10.2 Å². The van der Waals surface area contributed by atoms with Gasteiger partial charge in [0.15, 0.2) is 0 Å². The molecule has 0 saturated heterocycles. The molecule has 1 heterocycles. The average molecular weight is 379 g/mol. The van der Waals surface area contributed by atoms with E-state index in [4.69, 9.17) is 0 Å². The molecule has 1 saturated carbocycles. The molecule has 2 aromatic carbocycles. The lowest BCUT2D eigenvalue weighted by molar-refractivity contribution is -0.132. The van der Waals surface area contributed by atoms with Gasteiger partial charge in [-0.15, -0.1) is 0 Å². The van der Waals surface area contributed by atoms with E-state index in [1.165, 1.54) is 4.68 Å². The molecule has 1 aromatic heterocycles. The number of aliphatic hydroxyl groups is 2. The molecule has 6 nitrogen and oxygen atoms in total. The van der Waals surface area contributed by atoms with E-state index in [1.807, 2.05) is 72.6 Å². The smallest absolute Gasteiger partial charge is 0.275 e. The maximum absolute atomic E-state index is 13.0. The van der Waals surface area contributed by atoms with Gasteiger partial charge in [-0.25, -0.2) is 4.68 Å². The molecule has 1 fully saturated rings. The fourth-order valence-corrected chi connectivity index (χ4v) is 4.23. The Kier molecular flexibility index (Phi) is 4.93. The van der Waals surface area contributed by atoms with Crippen molar-refractivity contribution in [1.29, 1.82) is 0 Å². The number of aliphatic hydroxyl groups excluding tert-OH is 2. The molecular formula is C22H25N3O3. The Morgan fingerprint density at radius 1 is 1.00 bits per heavy atom. The number of aryl methyl sites for hydroxylation is 1. The molecule has 4 rings (SSSR count). The van der Waals surface area contributed by atoms with Gasteiger partial charge in [-0.05, 0) is 31.7 Å². The van der Waals surface area contributed by atoms with Gasteiger partial charge in [0.2, 0.25) is 0 Å². The average Bonchev–Trinajstić information content (AvgIpc) is 2.98. The van der Waals surface area contributed by atoms with Crippen molar-refractivity contribution in [3.05, 3.63) is 87.8 Å². The minimum atomic E-state index is -0.810. The highest BCUT2D eigenvalue weighted by molar-refractivity contribution is 5.36. The minimum absolute atomic E-state index is 0.226. The van der Waals surface area contributed by atoms with Gasteiger partial charge in [0.05, 0.1) is 23.9 Å². The van der Waals surface area contributed by atoms with Gasteiger partial charge in [0, 0.05) is 23.7 Å². The molecule has 0 aliphatic heterocycles. The molecular weight excluding hydrogens is 354 g/mol. The van der Waals surface area contributed by atoms with E-state index in [0.29, 0.717) is 17.8 Å². The van der Waals surface area contributed by atoms with Gasteiger partial charge >= 0.3 is 0 Å². The molecule has 0 amide bonds. The topological polar surface area (TPSA) is 81.5 Å². The van der Waals surface area contributed by atoms with Crippen LogP contribution in [0.25, 0.3) is 5.69 Å². The van der Waals surface area contributed by atoms with Crippen LogP contribution in [0.4, 0.5) is 0 Å². The number of H-pyrrole nitrogens is 1. The number of likely N-dealkylation sites (N-methyl/N-ethyl adjacent to an activating group) is 1. The normalized spacial score (nSPS) is 24.3. The Bertz CT molecular complexity index is 987. The van der Waals surface area contributed by atoms with Crippen molar-refractivity contribution in [3.8, 4) is 5.69 Å². The quantitative estimate of drug-likeness (QED) is 0.631. The molecule has 0 spiro atoms. The maximum Gasteiger partial charge on any atom is 0.275 e. The first-order valence-electron chi connectivity index (χ1n) is 9.46. The van der Waals surface area contributed by atoms with Crippen LogP contribution in [0.1, 0.15) is 22.7 Å². The number of benzene rings is 2. The first-order valence-corrected chi connectivity index (χ1v) is 9.46. The van der Waals surface area contributed by atoms with Crippen molar-refractivity contribution in [2.75, 3.05) is 7.05 Å². The largest absolute Gasteiger partial charge is 0.391 e. The summed E-state index contributed by atoms with van der Waals surface area (Å²) < 4.78 is 1.46. The Morgan fingerprint density at radius 3 is 2.18 bits per heavy atom. The second-order valence-corrected chi connectivity index (χ2v) is 7.52. The van der Waals surface area contributed by atoms with Gasteiger partial charge in [-0.3, -0.25) is 14.8 Å². The number of aromatic amines is 1. The van der Waals surface area contributed by atoms with Crippen molar-refractivity contribution in [1.82, 2.24) is 14.7 Å². The first-order chi connectivity index (χ1) is 13.5. The van der Waals surface area contributed by atoms with Crippen LogP contribution < -0.4 is 5.56 Å². The molecule has 0 bridgehead atoms. The molecule has 28 heavy (non-hydrogen) atoms. The van der Waals surface area contributed by atoms with Crippen molar-refractivity contribution in [2.45, 2.75) is 37.6 Å². The molecule has 1 aliphatic carbocycles. The predicted octanol–water partition coefficient (Wildman–Crippen LogP) is 1.79. The lowest BCUT2D eigenvalue weighted by Crippen LogP contribution is -2.65. The van der Waals surface area contributed by atoms with E-state index in [1.54, 1.807) is 6.92 Å². The van der Waals surface area contributed by atoms with Gasteiger partial charge in [0.25, 0.3) is 5.56 Å². The van der Waals surface area contributed by atoms with Crippen LogP contribution in [-0.4, -0.2) is 50.2 Å². The fourth-order valence-electron chi connectivity index (χ4n) is 4.23. The van der Waals surface area contributed by atoms with Crippen molar-refractivity contribution in [3.63, 3.8) is 0 Å². The highest BCUT2D eigenvalue weighted by Crippen LogP contribution is 2.40. The maximum atomic E-state index is 13.0. The zero-order valence-electron chi connectivity index (χ0n) is 16.0. The summed E-state index contributed by atoms with van der Waals surface area (Å²) in [5.41, 5.74) is 2.73. The number of hydrogen-bond acceptors (Lipinski definition) is 4. The Hall–Kier alpha value is -2.67. The summed E-state index contributed by atoms with van der Waals surface area (Å²) in [6, 6.07) is 18.8. The second kappa shape index (κ2) is 7.39. The Morgan fingerprint density at radius 2 is 1.57 bits per heavy atom. The van der Waals surface area contributed by atoms with E-state index >= 15 is 0 Å². The third kappa shape index (κ3) is 3.09. The van der Waals surface area contributed by atoms with Crippen LogP contribution in [0.2, 0.25) is 0 Å². The summed E-state index contributed by atoms with van der Waals surface area (Å²) in [6.45, 7) is 2.42. The zero-order valence-corrected chi connectivity index (χ0v) is 16.0. The summed E-state index contributed by atoms with van der Waals surface area (Å²) in [4.78, 5) is 14.9. The third-order valence-electron chi connectivity index (χ3n) is 5.68. The Balaban J connectivity index is 1.57. The van der Waals surface area contributed by atoms with Crippen LogP contribution in [0.15, 0.2) is 65.5 Å². The van der Waals surface area contributed by atoms with Crippen LogP contribution in [0.5, 0.6) is 0 Å². The van der Waals surface area contributed by atoms with Crippen LogP contribution >= 0.6 is 0 Å². The molecule has 0 radical (unpaired) electrons. The van der Waals surface area contributed by atoms with E-state index in [9.17, 15) is 15.0 Å². The molecule has 3 aromatic rings. The van der Waals surface area contributed by atoms with Crippen LogP contribution in [0, 0.1) is 6.92 Å². The molecule has 1 aliphatic rings. The molecule has 3 N–H and O–H groups in total. The molecule has 2 atom stereocenters. The predicted molar refractivity (Wildman–Crippen MR) is 108 cm³/mol. The number of aromatic nitrogens is 2. The summed E-state index contributed by atoms with van der Waals surface area (Å²) >= 11 is 0. The lowest BCUT2D eigenvalue weighted by Gasteiger charge is -2.50. The van der Waals surface area contributed by atoms with E-state index in [-0.39, 0.29) is 5.56 Å². The van der Waals surface area contributed by atoms with Gasteiger partial charge in [-0.2, -0.15) is 0 Å². The molecule has 146 valence electrons. The molecule has 6 heteroatoms. The summed E-state index contributed by atoms with van der Waals surface area (Å²) in [5.74, 6) is -0.600. The second-order valence-electron chi connectivity index (χ2n) is 7.52. The van der Waals surface area contributed by atoms with Gasteiger partial charge in [-0.1, -0.05) is 48.5 Å². The lowest BCUT2D eigenvalue weighted by atomic mass is 9.69. The number of nitrogens with one attached hydrogen (secondary N) is 1. The highest BCUT2D eigenvalue weighted by Gasteiger charge is 2.53. The summed E-state index contributed by atoms with van der Waals surface area (Å²) in [7, 11) is 1.88. The summed E-state index contributed by atoms with van der Waals surface area (Å²) in [6.07, 6.45) is -1.62. The van der Waals surface area contributed by atoms with E-state index < -0.39 is 24.2 Å². The third-order valence-corrected chi connectivity index (χ3v) is 5.68. The van der Waals surface area contributed by atoms with Crippen molar-refractivity contribution >= 4 is 0 Å². The van der Waals surface area contributed by atoms with E-state index in [0.717, 1.165) is 11.3 Å². The number of nitrogens with zero attached hydrogens (tertiary/aromatic N) is 2. The zero-order chi connectivity index (χ0) is 19.8. The van der Waals surface area contributed by atoms with Crippen molar-refractivity contribution < 1.29 is 10.2 Å². The van der Waals surface area contributed by atoms with Gasteiger partial charge in [0.1, 0.15) is 0 Å². The highest BCUT2D eigenvalue weighted by atomic mass is 16.3. The number of hydrogen-bond donors (Lipinski definition) is 3. The fraction of sp³-hybridized carbons (Fsp3) is 0.318. The molecule has 2 unspecified atom stereocenters. The Labute approximate surface area is 163 Å².